The number of amides is 1. The molecule has 3 aromatic rings. The van der Waals surface area contributed by atoms with E-state index in [2.05, 4.69) is 10.2 Å². The molecule has 1 aliphatic heterocycles. The Morgan fingerprint density at radius 3 is 3.08 bits per heavy atom. The Morgan fingerprint density at radius 1 is 1.36 bits per heavy atom. The van der Waals surface area contributed by atoms with E-state index < -0.39 is 0 Å². The van der Waals surface area contributed by atoms with E-state index >= 15 is 0 Å². The van der Waals surface area contributed by atoms with Gasteiger partial charge in [-0.3, -0.25) is 9.48 Å². The normalized spacial score (nSPS) is 18.2. The van der Waals surface area contributed by atoms with Crippen LogP contribution >= 0.6 is 0 Å². The second-order valence-electron chi connectivity index (χ2n) is 6.55. The second kappa shape index (κ2) is 6.36. The summed E-state index contributed by atoms with van der Waals surface area (Å²) < 4.78 is 5.39. The number of hydrogen-bond acceptors (Lipinski definition) is 4. The molecule has 0 aromatic carbocycles. The second-order valence-corrected chi connectivity index (χ2v) is 6.55. The minimum absolute atomic E-state index is 0.0243. The molecule has 8 heteroatoms. The summed E-state index contributed by atoms with van der Waals surface area (Å²) in [5.74, 6) is 0.258. The third-order valence-electron chi connectivity index (χ3n) is 4.88. The average Bonchev–Trinajstić information content (AvgIpc) is 3.33. The molecular formula is C17H22N6O2. The first-order chi connectivity index (χ1) is 12.2. The minimum atomic E-state index is 0.0243. The predicted octanol–water partition coefficient (Wildman–Crippen LogP) is 0.881. The maximum atomic E-state index is 13.0. The molecule has 8 nitrogen and oxygen atoms in total. The van der Waals surface area contributed by atoms with Crippen molar-refractivity contribution >= 4 is 11.6 Å². The highest BCUT2D eigenvalue weighted by molar-refractivity contribution is 5.99. The van der Waals surface area contributed by atoms with Crippen LogP contribution in [0.15, 0.2) is 30.9 Å². The quantitative estimate of drug-likeness (QED) is 0.763. The van der Waals surface area contributed by atoms with Gasteiger partial charge in [-0.1, -0.05) is 0 Å². The Labute approximate surface area is 145 Å². The van der Waals surface area contributed by atoms with Crippen LogP contribution in [0.25, 0.3) is 5.65 Å². The Bertz CT molecular complexity index is 892. The number of carbonyl (C=O) groups is 1. The molecule has 1 aliphatic rings. The third-order valence-corrected chi connectivity index (χ3v) is 4.88. The summed E-state index contributed by atoms with van der Waals surface area (Å²) in [7, 11) is 1.92. The molecule has 1 fully saturated rings. The van der Waals surface area contributed by atoms with E-state index in [4.69, 9.17) is 5.11 Å². The molecule has 0 spiro atoms. The molecule has 0 aliphatic carbocycles. The maximum Gasteiger partial charge on any atom is 0.259 e. The predicted molar refractivity (Wildman–Crippen MR) is 91.4 cm³/mol. The number of aryl methyl sites for hydroxylation is 1. The van der Waals surface area contributed by atoms with Gasteiger partial charge in [0.1, 0.15) is 11.2 Å². The number of carbonyl (C=O) groups excluding carboxylic acids is 1. The highest BCUT2D eigenvalue weighted by Crippen LogP contribution is 2.27. The van der Waals surface area contributed by atoms with Gasteiger partial charge in [0.25, 0.3) is 5.91 Å². The summed E-state index contributed by atoms with van der Waals surface area (Å²) in [6.07, 6.45) is 9.26. The fourth-order valence-corrected chi connectivity index (χ4v) is 3.60. The van der Waals surface area contributed by atoms with E-state index in [1.165, 1.54) is 0 Å². The monoisotopic (exact) mass is 342 g/mol. The van der Waals surface area contributed by atoms with Gasteiger partial charge in [-0.25, -0.2) is 4.52 Å². The number of aromatic nitrogens is 5. The molecule has 4 heterocycles. The van der Waals surface area contributed by atoms with Crippen molar-refractivity contribution in [3.63, 3.8) is 0 Å². The first-order valence-electron chi connectivity index (χ1n) is 8.59. The van der Waals surface area contributed by atoms with Crippen LogP contribution in [0.3, 0.4) is 0 Å². The van der Waals surface area contributed by atoms with Gasteiger partial charge in [0, 0.05) is 44.6 Å². The molecule has 1 atom stereocenters. The third kappa shape index (κ3) is 2.82. The average molecular weight is 342 g/mol. The standard InChI is InChI=1S/C17H22N6O2/c1-20-7-8-23-16(20)14(11-18-23)17(25)21-5-2-3-13(12-21)15-4-6-22(19-15)9-10-24/h4,6-8,11,13,24H,2-3,5,9-10,12H2,1H3. The fraction of sp³-hybridized carbons (Fsp3) is 0.471. The molecule has 0 saturated carbocycles. The van der Waals surface area contributed by atoms with Crippen LogP contribution in [-0.2, 0) is 13.6 Å². The summed E-state index contributed by atoms with van der Waals surface area (Å²) in [6.45, 7) is 1.99. The molecule has 1 saturated heterocycles. The van der Waals surface area contributed by atoms with Gasteiger partial charge in [0.15, 0.2) is 0 Å². The van der Waals surface area contributed by atoms with Crippen molar-refractivity contribution in [3.05, 3.63) is 42.1 Å². The summed E-state index contributed by atoms with van der Waals surface area (Å²) in [6, 6.07) is 1.99. The maximum absolute atomic E-state index is 13.0. The van der Waals surface area contributed by atoms with Gasteiger partial charge < -0.3 is 14.6 Å². The zero-order chi connectivity index (χ0) is 17.4. The van der Waals surface area contributed by atoms with Crippen molar-refractivity contribution in [3.8, 4) is 0 Å². The Hall–Kier alpha value is -2.61. The van der Waals surface area contributed by atoms with E-state index in [0.29, 0.717) is 18.7 Å². The van der Waals surface area contributed by atoms with E-state index in [0.717, 1.165) is 30.7 Å². The topological polar surface area (TPSA) is 80.6 Å². The van der Waals surface area contributed by atoms with Crippen LogP contribution in [0.2, 0.25) is 0 Å². The highest BCUT2D eigenvalue weighted by atomic mass is 16.3. The van der Waals surface area contributed by atoms with Crippen molar-refractivity contribution in [2.45, 2.75) is 25.3 Å². The number of likely N-dealkylation sites (tertiary alicyclic amines) is 1. The molecular weight excluding hydrogens is 320 g/mol. The number of imidazole rings is 1. The molecule has 25 heavy (non-hydrogen) atoms. The minimum Gasteiger partial charge on any atom is -0.394 e. The lowest BCUT2D eigenvalue weighted by atomic mass is 9.94. The molecule has 132 valence electrons. The molecule has 1 unspecified atom stereocenters. The smallest absolute Gasteiger partial charge is 0.259 e. The molecule has 1 N–H and O–H groups in total. The van der Waals surface area contributed by atoms with Crippen molar-refractivity contribution < 1.29 is 9.90 Å². The lowest BCUT2D eigenvalue weighted by Gasteiger charge is -2.31. The van der Waals surface area contributed by atoms with Crippen LogP contribution in [0.4, 0.5) is 0 Å². The van der Waals surface area contributed by atoms with Crippen LogP contribution in [0.1, 0.15) is 34.8 Å². The van der Waals surface area contributed by atoms with Gasteiger partial charge in [-0.15, -0.1) is 0 Å². The van der Waals surface area contributed by atoms with Crippen LogP contribution in [0, 0.1) is 0 Å². The van der Waals surface area contributed by atoms with E-state index in [1.54, 1.807) is 15.4 Å². The largest absolute Gasteiger partial charge is 0.394 e. The zero-order valence-corrected chi connectivity index (χ0v) is 14.2. The van der Waals surface area contributed by atoms with Gasteiger partial charge >= 0.3 is 0 Å². The summed E-state index contributed by atoms with van der Waals surface area (Å²) in [5.41, 5.74) is 2.45. The van der Waals surface area contributed by atoms with Crippen LogP contribution in [0.5, 0.6) is 0 Å². The molecule has 0 bridgehead atoms. The molecule has 1 amide bonds. The number of fused-ring (bicyclic) bond motifs is 1. The van der Waals surface area contributed by atoms with E-state index in [9.17, 15) is 4.79 Å². The van der Waals surface area contributed by atoms with Gasteiger partial charge in [0.2, 0.25) is 0 Å². The lowest BCUT2D eigenvalue weighted by molar-refractivity contribution is 0.0707. The van der Waals surface area contributed by atoms with Crippen molar-refractivity contribution in [2.24, 2.45) is 7.05 Å². The lowest BCUT2D eigenvalue weighted by Crippen LogP contribution is -2.39. The number of piperidine rings is 1. The van der Waals surface area contributed by atoms with Crippen LogP contribution in [-0.4, -0.2) is 59.6 Å². The zero-order valence-electron chi connectivity index (χ0n) is 14.2. The van der Waals surface area contributed by atoms with Gasteiger partial charge in [-0.05, 0) is 18.9 Å². The Kier molecular flexibility index (Phi) is 4.04. The Morgan fingerprint density at radius 2 is 2.24 bits per heavy atom. The molecule has 0 radical (unpaired) electrons. The van der Waals surface area contributed by atoms with Gasteiger partial charge in [0.05, 0.1) is 25.0 Å². The van der Waals surface area contributed by atoms with Crippen LogP contribution < -0.4 is 0 Å². The fourth-order valence-electron chi connectivity index (χ4n) is 3.60. The van der Waals surface area contributed by atoms with Gasteiger partial charge in [-0.2, -0.15) is 10.2 Å². The van der Waals surface area contributed by atoms with E-state index in [1.807, 2.05) is 41.2 Å². The molecule has 4 rings (SSSR count). The first kappa shape index (κ1) is 15.9. The number of hydrogen-bond donors (Lipinski definition) is 1. The Balaban J connectivity index is 1.54. The number of aliphatic hydroxyl groups is 1. The highest BCUT2D eigenvalue weighted by Gasteiger charge is 2.28. The van der Waals surface area contributed by atoms with Crippen molar-refractivity contribution in [1.29, 1.82) is 0 Å². The number of nitrogens with zero attached hydrogens (tertiary/aromatic N) is 6. The number of rotatable bonds is 4. The first-order valence-corrected chi connectivity index (χ1v) is 8.59. The van der Waals surface area contributed by atoms with Crippen molar-refractivity contribution in [1.82, 2.24) is 28.9 Å². The van der Waals surface area contributed by atoms with Crippen molar-refractivity contribution in [2.75, 3.05) is 19.7 Å². The molecule has 3 aromatic heterocycles. The number of aliphatic hydroxyl groups excluding tert-OH is 1. The SMILES string of the molecule is Cn1ccn2ncc(C(=O)N3CCCC(c4ccn(CCO)n4)C3)c12. The van der Waals surface area contributed by atoms with E-state index in [-0.39, 0.29) is 18.4 Å². The summed E-state index contributed by atoms with van der Waals surface area (Å²) >= 11 is 0. The summed E-state index contributed by atoms with van der Waals surface area (Å²) in [4.78, 5) is 14.9. The summed E-state index contributed by atoms with van der Waals surface area (Å²) in [5, 5.41) is 17.8.